The van der Waals surface area contributed by atoms with Crippen LogP contribution in [0, 0.1) is 44.9 Å². The van der Waals surface area contributed by atoms with Gasteiger partial charge in [-0.2, -0.15) is 0 Å². The Bertz CT molecular complexity index is 922. The Morgan fingerprint density at radius 3 is 1.56 bits per heavy atom. The Hall–Kier alpha value is -3.02. The lowest BCUT2D eigenvalue weighted by Gasteiger charge is -2.52. The highest BCUT2D eigenvalue weighted by molar-refractivity contribution is 5.90. The van der Waals surface area contributed by atoms with Crippen LogP contribution in [0.4, 0.5) is 21.0 Å². The molecule has 6 heteroatoms. The monoisotopic (exact) mass is 436 g/mol. The SMILES string of the molecule is Cc1ccc(C)c(NC(=O)NC[C@@H]2C[C@H](CNC(=O)Nc3cc(C)ccc3C)C2(C)C)c1. The molecule has 0 aromatic heterocycles. The highest BCUT2D eigenvalue weighted by Gasteiger charge is 2.47. The number of amides is 4. The molecule has 0 aliphatic heterocycles. The van der Waals surface area contributed by atoms with E-state index in [9.17, 15) is 9.59 Å². The maximum Gasteiger partial charge on any atom is 0.319 e. The molecule has 0 unspecified atom stereocenters. The molecular formula is C26H36N4O2. The fraction of sp³-hybridized carbons (Fsp3) is 0.462. The van der Waals surface area contributed by atoms with E-state index >= 15 is 0 Å². The van der Waals surface area contributed by atoms with Crippen LogP contribution in [0.5, 0.6) is 0 Å². The van der Waals surface area contributed by atoms with Crippen LogP contribution >= 0.6 is 0 Å². The lowest BCUT2D eigenvalue weighted by atomic mass is 9.54. The van der Waals surface area contributed by atoms with Crippen molar-refractivity contribution in [2.24, 2.45) is 17.3 Å². The molecule has 1 fully saturated rings. The predicted octanol–water partition coefficient (Wildman–Crippen LogP) is 5.53. The van der Waals surface area contributed by atoms with Crippen molar-refractivity contribution in [2.45, 2.75) is 48.0 Å². The third-order valence-electron chi connectivity index (χ3n) is 6.97. The molecule has 1 saturated carbocycles. The molecule has 0 saturated heterocycles. The molecule has 0 bridgehead atoms. The fourth-order valence-electron chi connectivity index (χ4n) is 4.32. The van der Waals surface area contributed by atoms with Gasteiger partial charge >= 0.3 is 12.1 Å². The Balaban J connectivity index is 1.43. The van der Waals surface area contributed by atoms with Crippen molar-refractivity contribution >= 4 is 23.4 Å². The standard InChI is InChI=1S/C26H36N4O2/c1-16-7-9-18(3)22(11-16)29-24(31)27-14-20-13-21(26(20,5)6)15-28-25(32)30-23-12-17(2)8-10-19(23)4/h7-12,20-21H,13-15H2,1-6H3,(H2,27,29,31)(H2,28,30,32)/t20-,21+. The third kappa shape index (κ3) is 5.61. The van der Waals surface area contributed by atoms with Crippen LogP contribution < -0.4 is 21.3 Å². The number of carbonyl (C=O) groups excluding carboxylic acids is 2. The number of carbonyl (C=O) groups is 2. The molecule has 0 radical (unpaired) electrons. The summed E-state index contributed by atoms with van der Waals surface area (Å²) < 4.78 is 0. The van der Waals surface area contributed by atoms with E-state index in [1.165, 1.54) is 0 Å². The van der Waals surface area contributed by atoms with Crippen LogP contribution in [0.3, 0.4) is 0 Å². The molecule has 0 heterocycles. The lowest BCUT2D eigenvalue weighted by Crippen LogP contribution is -2.54. The van der Waals surface area contributed by atoms with E-state index in [0.29, 0.717) is 24.9 Å². The van der Waals surface area contributed by atoms with E-state index in [-0.39, 0.29) is 17.5 Å². The van der Waals surface area contributed by atoms with E-state index in [4.69, 9.17) is 0 Å². The van der Waals surface area contributed by atoms with Gasteiger partial charge < -0.3 is 21.3 Å². The van der Waals surface area contributed by atoms with Crippen molar-refractivity contribution < 1.29 is 9.59 Å². The zero-order chi connectivity index (χ0) is 23.5. The minimum absolute atomic E-state index is 0.0407. The first kappa shape index (κ1) is 23.6. The Morgan fingerprint density at radius 1 is 0.781 bits per heavy atom. The van der Waals surface area contributed by atoms with Gasteiger partial charge in [-0.25, -0.2) is 9.59 Å². The first-order valence-electron chi connectivity index (χ1n) is 11.3. The molecule has 2 aromatic carbocycles. The van der Waals surface area contributed by atoms with Crippen LogP contribution in [0.15, 0.2) is 36.4 Å². The summed E-state index contributed by atoms with van der Waals surface area (Å²) in [5.41, 5.74) is 6.03. The Morgan fingerprint density at radius 2 is 1.19 bits per heavy atom. The average molecular weight is 437 g/mol. The summed E-state index contributed by atoms with van der Waals surface area (Å²) in [5.74, 6) is 0.751. The van der Waals surface area contributed by atoms with Gasteiger partial charge in [0.25, 0.3) is 0 Å². The van der Waals surface area contributed by atoms with Gasteiger partial charge in [0, 0.05) is 24.5 Å². The van der Waals surface area contributed by atoms with Crippen molar-refractivity contribution in [3.05, 3.63) is 58.7 Å². The summed E-state index contributed by atoms with van der Waals surface area (Å²) in [7, 11) is 0. The summed E-state index contributed by atoms with van der Waals surface area (Å²) in [6.07, 6.45) is 0.973. The van der Waals surface area contributed by atoms with Gasteiger partial charge in [-0.3, -0.25) is 0 Å². The maximum atomic E-state index is 12.4. The zero-order valence-electron chi connectivity index (χ0n) is 20.1. The number of aryl methyl sites for hydroxylation is 4. The smallest absolute Gasteiger partial charge is 0.319 e. The molecule has 2 aromatic rings. The fourth-order valence-corrected chi connectivity index (χ4v) is 4.32. The maximum absolute atomic E-state index is 12.4. The van der Waals surface area contributed by atoms with E-state index in [0.717, 1.165) is 40.0 Å². The summed E-state index contributed by atoms with van der Waals surface area (Å²) >= 11 is 0. The van der Waals surface area contributed by atoms with Crippen molar-refractivity contribution in [3.8, 4) is 0 Å². The minimum Gasteiger partial charge on any atom is -0.338 e. The van der Waals surface area contributed by atoms with Gasteiger partial charge in [-0.15, -0.1) is 0 Å². The van der Waals surface area contributed by atoms with Gasteiger partial charge in [0.15, 0.2) is 0 Å². The zero-order valence-corrected chi connectivity index (χ0v) is 20.1. The van der Waals surface area contributed by atoms with Crippen molar-refractivity contribution in [3.63, 3.8) is 0 Å². The molecule has 1 aliphatic rings. The Labute approximate surface area is 191 Å². The number of hydrogen-bond donors (Lipinski definition) is 4. The van der Waals surface area contributed by atoms with Crippen LogP contribution in [0.2, 0.25) is 0 Å². The van der Waals surface area contributed by atoms with E-state index in [2.05, 4.69) is 35.1 Å². The number of nitrogens with one attached hydrogen (secondary N) is 4. The summed E-state index contributed by atoms with van der Waals surface area (Å²) in [6, 6.07) is 11.7. The normalized spacial score (nSPS) is 18.9. The molecule has 4 amide bonds. The van der Waals surface area contributed by atoms with E-state index in [1.54, 1.807) is 0 Å². The summed E-state index contributed by atoms with van der Waals surface area (Å²) in [6.45, 7) is 13.6. The molecule has 2 atom stereocenters. The average Bonchev–Trinajstić information content (AvgIpc) is 2.72. The largest absolute Gasteiger partial charge is 0.338 e. The van der Waals surface area contributed by atoms with Crippen LogP contribution in [0.1, 0.15) is 42.5 Å². The van der Waals surface area contributed by atoms with Gasteiger partial charge in [-0.1, -0.05) is 38.1 Å². The summed E-state index contributed by atoms with van der Waals surface area (Å²) in [4.78, 5) is 24.7. The first-order chi connectivity index (χ1) is 15.1. The van der Waals surface area contributed by atoms with E-state index < -0.39 is 0 Å². The van der Waals surface area contributed by atoms with Gasteiger partial charge in [0.05, 0.1) is 0 Å². The topological polar surface area (TPSA) is 82.3 Å². The minimum atomic E-state index is -0.177. The lowest BCUT2D eigenvalue weighted by molar-refractivity contribution is -0.0142. The second-order valence-corrected chi connectivity index (χ2v) is 9.76. The van der Waals surface area contributed by atoms with Crippen LogP contribution in [-0.2, 0) is 0 Å². The molecule has 32 heavy (non-hydrogen) atoms. The number of rotatable bonds is 6. The second-order valence-electron chi connectivity index (χ2n) is 9.76. The summed E-state index contributed by atoms with van der Waals surface area (Å²) in [5, 5.41) is 11.9. The number of benzene rings is 2. The van der Waals surface area contributed by atoms with Crippen molar-refractivity contribution in [1.29, 1.82) is 0 Å². The van der Waals surface area contributed by atoms with Gasteiger partial charge in [0.1, 0.15) is 0 Å². The molecule has 1 aliphatic carbocycles. The first-order valence-corrected chi connectivity index (χ1v) is 11.3. The van der Waals surface area contributed by atoms with Crippen molar-refractivity contribution in [1.82, 2.24) is 10.6 Å². The number of anilines is 2. The van der Waals surface area contributed by atoms with Crippen LogP contribution in [-0.4, -0.2) is 25.2 Å². The molecule has 4 N–H and O–H groups in total. The van der Waals surface area contributed by atoms with E-state index in [1.807, 2.05) is 64.1 Å². The molecular weight excluding hydrogens is 400 g/mol. The molecule has 172 valence electrons. The molecule has 3 rings (SSSR count). The highest BCUT2D eigenvalue weighted by Crippen LogP contribution is 2.50. The van der Waals surface area contributed by atoms with Crippen LogP contribution in [0.25, 0.3) is 0 Å². The Kier molecular flexibility index (Phi) is 7.12. The predicted molar refractivity (Wildman–Crippen MR) is 131 cm³/mol. The van der Waals surface area contributed by atoms with Gasteiger partial charge in [0.2, 0.25) is 0 Å². The molecule has 6 nitrogen and oxygen atoms in total. The number of hydrogen-bond acceptors (Lipinski definition) is 2. The highest BCUT2D eigenvalue weighted by atomic mass is 16.2. The number of urea groups is 2. The molecule has 0 spiro atoms. The van der Waals surface area contributed by atoms with Gasteiger partial charge in [-0.05, 0) is 85.8 Å². The quantitative estimate of drug-likeness (QED) is 0.480. The van der Waals surface area contributed by atoms with Crippen molar-refractivity contribution in [2.75, 3.05) is 23.7 Å². The second kappa shape index (κ2) is 9.63. The third-order valence-corrected chi connectivity index (χ3v) is 6.97.